The lowest BCUT2D eigenvalue weighted by atomic mass is 10.1. The van der Waals surface area contributed by atoms with Crippen LogP contribution in [0.1, 0.15) is 23.4 Å². The molecular weight excluding hydrogens is 273 g/mol. The number of pyridine rings is 1. The van der Waals surface area contributed by atoms with Crippen LogP contribution in [0.2, 0.25) is 0 Å². The first-order valence-corrected chi connectivity index (χ1v) is 6.73. The van der Waals surface area contributed by atoms with Gasteiger partial charge >= 0.3 is 6.03 Å². The minimum absolute atomic E-state index is 0.330. The fourth-order valence-corrected chi connectivity index (χ4v) is 2.03. The lowest BCUT2D eigenvalue weighted by Gasteiger charge is -2.07. The lowest BCUT2D eigenvalue weighted by Crippen LogP contribution is -2.29. The van der Waals surface area contributed by atoms with Crippen molar-refractivity contribution in [1.82, 2.24) is 20.5 Å². The molecule has 112 valence electrons. The summed E-state index contributed by atoms with van der Waals surface area (Å²) in [4.78, 5) is 15.1. The Morgan fingerprint density at radius 1 is 1.38 bits per heavy atom. The molecule has 2 rings (SSSR count). The van der Waals surface area contributed by atoms with E-state index in [0.29, 0.717) is 12.2 Å². The maximum atomic E-state index is 12.6. The molecule has 0 aliphatic rings. The number of hydrogen-bond donors (Lipinski definition) is 3. The molecule has 0 atom stereocenters. The highest BCUT2D eigenvalue weighted by Crippen LogP contribution is 2.11. The number of nitrogens with zero attached hydrogens (tertiary/aromatic N) is 2. The summed E-state index contributed by atoms with van der Waals surface area (Å²) in [6.07, 6.45) is 2.94. The monoisotopic (exact) mass is 291 g/mol. The van der Waals surface area contributed by atoms with Crippen LogP contribution in [0.4, 0.5) is 14.9 Å². The molecule has 0 bridgehead atoms. The second kappa shape index (κ2) is 6.83. The number of aryl methyl sites for hydroxylation is 2. The van der Waals surface area contributed by atoms with Crippen LogP contribution in [0.5, 0.6) is 0 Å². The van der Waals surface area contributed by atoms with Gasteiger partial charge in [-0.2, -0.15) is 9.49 Å². The maximum absolute atomic E-state index is 12.6. The minimum atomic E-state index is -0.577. The summed E-state index contributed by atoms with van der Waals surface area (Å²) in [6.45, 7) is 4.49. The fraction of sp³-hybridized carbons (Fsp3) is 0.357. The van der Waals surface area contributed by atoms with E-state index in [-0.39, 0.29) is 6.03 Å². The normalized spacial score (nSPS) is 10.4. The van der Waals surface area contributed by atoms with Crippen molar-refractivity contribution in [2.75, 3.05) is 11.9 Å². The number of amides is 2. The van der Waals surface area contributed by atoms with Gasteiger partial charge in [0, 0.05) is 12.2 Å². The third kappa shape index (κ3) is 4.27. The van der Waals surface area contributed by atoms with Crippen LogP contribution >= 0.6 is 0 Å². The molecule has 0 saturated heterocycles. The predicted octanol–water partition coefficient (Wildman–Crippen LogP) is 2.31. The van der Waals surface area contributed by atoms with E-state index in [1.807, 2.05) is 13.8 Å². The van der Waals surface area contributed by atoms with Crippen LogP contribution < -0.4 is 10.6 Å². The summed E-state index contributed by atoms with van der Waals surface area (Å²) >= 11 is 0. The molecule has 0 fully saturated rings. The van der Waals surface area contributed by atoms with Crippen LogP contribution in [0, 0.1) is 19.8 Å². The van der Waals surface area contributed by atoms with Crippen molar-refractivity contribution < 1.29 is 9.18 Å². The molecule has 6 nitrogen and oxygen atoms in total. The number of nitrogens with one attached hydrogen (secondary N) is 3. The molecule has 2 amide bonds. The van der Waals surface area contributed by atoms with Gasteiger partial charge in [0.05, 0.1) is 17.6 Å². The van der Waals surface area contributed by atoms with E-state index in [1.54, 1.807) is 0 Å². The van der Waals surface area contributed by atoms with Crippen molar-refractivity contribution in [2.45, 2.75) is 26.7 Å². The van der Waals surface area contributed by atoms with E-state index < -0.39 is 5.95 Å². The number of carbonyl (C=O) groups excluding carboxylic acids is 1. The number of rotatable bonds is 5. The van der Waals surface area contributed by atoms with Crippen molar-refractivity contribution in [1.29, 1.82) is 0 Å². The third-order valence-electron chi connectivity index (χ3n) is 3.16. The highest BCUT2D eigenvalue weighted by Gasteiger charge is 2.06. The Morgan fingerprint density at radius 2 is 2.19 bits per heavy atom. The van der Waals surface area contributed by atoms with Crippen molar-refractivity contribution in [3.8, 4) is 0 Å². The Morgan fingerprint density at radius 3 is 2.81 bits per heavy atom. The highest BCUT2D eigenvalue weighted by molar-refractivity contribution is 5.88. The van der Waals surface area contributed by atoms with Gasteiger partial charge in [-0.1, -0.05) is 0 Å². The van der Waals surface area contributed by atoms with Gasteiger partial charge in [-0.25, -0.2) is 9.78 Å². The van der Waals surface area contributed by atoms with Crippen molar-refractivity contribution in [2.24, 2.45) is 0 Å². The van der Waals surface area contributed by atoms with E-state index in [0.717, 1.165) is 24.2 Å². The first-order chi connectivity index (χ1) is 10.1. The van der Waals surface area contributed by atoms with Crippen molar-refractivity contribution >= 4 is 11.7 Å². The first-order valence-electron chi connectivity index (χ1n) is 6.73. The summed E-state index contributed by atoms with van der Waals surface area (Å²) in [5.74, 6) is -0.577. The van der Waals surface area contributed by atoms with E-state index in [4.69, 9.17) is 0 Å². The van der Waals surface area contributed by atoms with E-state index in [9.17, 15) is 9.18 Å². The summed E-state index contributed by atoms with van der Waals surface area (Å²) in [7, 11) is 0. The van der Waals surface area contributed by atoms with Gasteiger partial charge in [0.15, 0.2) is 0 Å². The highest BCUT2D eigenvalue weighted by atomic mass is 19.1. The molecule has 2 aromatic rings. The van der Waals surface area contributed by atoms with Gasteiger partial charge in [0.1, 0.15) is 0 Å². The number of urea groups is 1. The molecule has 0 aliphatic heterocycles. The molecule has 0 saturated carbocycles. The first kappa shape index (κ1) is 15.0. The van der Waals surface area contributed by atoms with Crippen LogP contribution in [0.15, 0.2) is 18.3 Å². The van der Waals surface area contributed by atoms with Gasteiger partial charge in [0.25, 0.3) is 0 Å². The van der Waals surface area contributed by atoms with Crippen LogP contribution in [-0.4, -0.2) is 27.8 Å². The van der Waals surface area contributed by atoms with E-state index >= 15 is 0 Å². The van der Waals surface area contributed by atoms with Gasteiger partial charge in [-0.15, -0.1) is 0 Å². The number of aromatic nitrogens is 3. The van der Waals surface area contributed by atoms with Crippen LogP contribution in [0.3, 0.4) is 0 Å². The average Bonchev–Trinajstić information content (AvgIpc) is 2.77. The second-order valence-electron chi connectivity index (χ2n) is 4.77. The van der Waals surface area contributed by atoms with E-state index in [1.165, 1.54) is 23.9 Å². The Bertz CT molecular complexity index is 589. The number of hydrogen-bond acceptors (Lipinski definition) is 3. The number of carbonyl (C=O) groups is 1. The second-order valence-corrected chi connectivity index (χ2v) is 4.77. The molecule has 7 heteroatoms. The van der Waals surface area contributed by atoms with Crippen LogP contribution in [0.25, 0.3) is 0 Å². The minimum Gasteiger partial charge on any atom is -0.338 e. The Balaban J connectivity index is 1.71. The number of H-pyrrole nitrogens is 1. The Kier molecular flexibility index (Phi) is 4.86. The topological polar surface area (TPSA) is 82.7 Å². The average molecular weight is 291 g/mol. The molecule has 2 heterocycles. The fourth-order valence-electron chi connectivity index (χ4n) is 2.03. The van der Waals surface area contributed by atoms with Crippen molar-refractivity contribution in [3.05, 3.63) is 41.2 Å². The molecule has 0 radical (unpaired) electrons. The van der Waals surface area contributed by atoms with Gasteiger partial charge < -0.3 is 10.6 Å². The predicted molar refractivity (Wildman–Crippen MR) is 77.6 cm³/mol. The molecule has 0 spiro atoms. The Hall–Kier alpha value is -2.44. The smallest absolute Gasteiger partial charge is 0.319 e. The van der Waals surface area contributed by atoms with Gasteiger partial charge in [-0.05, 0) is 44.4 Å². The zero-order chi connectivity index (χ0) is 15.2. The lowest BCUT2D eigenvalue weighted by molar-refractivity contribution is 0.252. The molecule has 0 aromatic carbocycles. The summed E-state index contributed by atoms with van der Waals surface area (Å²) in [5.41, 5.74) is 3.71. The van der Waals surface area contributed by atoms with Gasteiger partial charge in [0.2, 0.25) is 5.95 Å². The SMILES string of the molecule is Cc1n[nH]c(C)c1CCCNC(=O)Nc1ccc(F)nc1. The summed E-state index contributed by atoms with van der Waals surface area (Å²) in [5, 5.41) is 12.4. The largest absolute Gasteiger partial charge is 0.338 e. The molecule has 3 N–H and O–H groups in total. The van der Waals surface area contributed by atoms with Crippen LogP contribution in [-0.2, 0) is 6.42 Å². The zero-order valence-electron chi connectivity index (χ0n) is 12.0. The zero-order valence-corrected chi connectivity index (χ0v) is 12.0. The summed E-state index contributed by atoms with van der Waals surface area (Å²) < 4.78 is 12.6. The molecular formula is C14H18FN5O. The maximum Gasteiger partial charge on any atom is 0.319 e. The number of aromatic amines is 1. The van der Waals surface area contributed by atoms with Gasteiger partial charge in [-0.3, -0.25) is 5.10 Å². The molecule has 0 unspecified atom stereocenters. The molecule has 2 aromatic heterocycles. The molecule has 0 aliphatic carbocycles. The van der Waals surface area contributed by atoms with E-state index in [2.05, 4.69) is 25.8 Å². The number of anilines is 1. The molecule has 21 heavy (non-hydrogen) atoms. The third-order valence-corrected chi connectivity index (χ3v) is 3.16. The Labute approximate surface area is 122 Å². The quantitative estimate of drug-likeness (QED) is 0.584. The standard InChI is InChI=1S/C14H18FN5O/c1-9-12(10(2)20-19-9)4-3-7-16-14(21)18-11-5-6-13(15)17-8-11/h5-6,8H,3-4,7H2,1-2H3,(H,19,20)(H2,16,18,21). The number of halogens is 1. The van der Waals surface area contributed by atoms with Crippen molar-refractivity contribution in [3.63, 3.8) is 0 Å². The summed E-state index contributed by atoms with van der Waals surface area (Å²) in [6, 6.07) is 2.32.